The predicted octanol–water partition coefficient (Wildman–Crippen LogP) is 2.98. The van der Waals surface area contributed by atoms with Crippen LogP contribution >= 0.6 is 0 Å². The molecule has 0 aromatic heterocycles. The molecule has 1 aliphatic rings. The van der Waals surface area contributed by atoms with Crippen LogP contribution in [0.3, 0.4) is 0 Å². The first-order valence-corrected chi connectivity index (χ1v) is 8.80. The molecule has 110 valence electrons. The van der Waals surface area contributed by atoms with E-state index in [1.54, 1.807) is 0 Å². The van der Waals surface area contributed by atoms with Crippen molar-refractivity contribution in [3.63, 3.8) is 0 Å². The van der Waals surface area contributed by atoms with Crippen molar-refractivity contribution in [2.45, 2.75) is 43.4 Å². The number of carbonyl (C=O) groups excluding carboxylic acids is 1. The number of hydrogen-bond acceptors (Lipinski definition) is 2. The van der Waals surface area contributed by atoms with Gasteiger partial charge in [-0.25, -0.2) is 0 Å². The highest BCUT2D eigenvalue weighted by Crippen LogP contribution is 2.12. The molecule has 0 saturated carbocycles. The summed E-state index contributed by atoms with van der Waals surface area (Å²) < 4.78 is 12.0. The second-order valence-corrected chi connectivity index (χ2v) is 6.83. The summed E-state index contributed by atoms with van der Waals surface area (Å²) >= 11 is 0. The van der Waals surface area contributed by atoms with Crippen LogP contribution in [-0.2, 0) is 15.6 Å². The van der Waals surface area contributed by atoms with Crippen molar-refractivity contribution >= 4 is 16.7 Å². The number of nitrogens with zero attached hydrogens (tertiary/aromatic N) is 1. The van der Waals surface area contributed by atoms with Gasteiger partial charge in [0.15, 0.2) is 0 Å². The van der Waals surface area contributed by atoms with Crippen LogP contribution in [0.5, 0.6) is 0 Å². The van der Waals surface area contributed by atoms with E-state index in [0.717, 1.165) is 43.7 Å². The highest BCUT2D eigenvalue weighted by atomic mass is 32.2. The standard InChI is InChI=1S/C16H23NO2S/c18-16-11-5-2-6-12-17(16)13-7-8-14-20(19)15-9-3-1-4-10-15/h1,3-4,9-10H,2,5-8,11-14H2. The molecule has 1 amide bonds. The Morgan fingerprint density at radius 2 is 1.85 bits per heavy atom. The van der Waals surface area contributed by atoms with Crippen molar-refractivity contribution in [1.82, 2.24) is 4.90 Å². The summed E-state index contributed by atoms with van der Waals surface area (Å²) in [7, 11) is -0.905. The Hall–Kier alpha value is -1.16. The Kier molecular flexibility index (Phi) is 6.25. The first-order valence-electron chi connectivity index (χ1n) is 7.48. The van der Waals surface area contributed by atoms with Gasteiger partial charge < -0.3 is 4.90 Å². The van der Waals surface area contributed by atoms with Gasteiger partial charge in [0.2, 0.25) is 5.91 Å². The second kappa shape index (κ2) is 8.20. The monoisotopic (exact) mass is 293 g/mol. The zero-order valence-electron chi connectivity index (χ0n) is 11.9. The van der Waals surface area contributed by atoms with E-state index in [1.165, 1.54) is 6.42 Å². The summed E-state index contributed by atoms with van der Waals surface area (Å²) in [5.74, 6) is 0.984. The minimum absolute atomic E-state index is 0.298. The molecule has 1 heterocycles. The van der Waals surface area contributed by atoms with Crippen LogP contribution in [0, 0.1) is 0 Å². The molecular formula is C16H23NO2S. The minimum atomic E-state index is -0.905. The lowest BCUT2D eigenvalue weighted by atomic mass is 10.2. The van der Waals surface area contributed by atoms with Crippen molar-refractivity contribution in [1.29, 1.82) is 0 Å². The topological polar surface area (TPSA) is 37.4 Å². The molecule has 20 heavy (non-hydrogen) atoms. The smallest absolute Gasteiger partial charge is 0.222 e. The number of unbranched alkanes of at least 4 members (excludes halogenated alkanes) is 1. The molecule has 1 fully saturated rings. The largest absolute Gasteiger partial charge is 0.343 e. The maximum absolute atomic E-state index is 12.0. The molecule has 4 heteroatoms. The van der Waals surface area contributed by atoms with E-state index in [9.17, 15) is 9.00 Å². The number of likely N-dealkylation sites (tertiary alicyclic amines) is 1. The Bertz CT molecular complexity index is 447. The maximum atomic E-state index is 12.0. The lowest BCUT2D eigenvalue weighted by Crippen LogP contribution is -2.31. The lowest BCUT2D eigenvalue weighted by molar-refractivity contribution is -0.130. The van der Waals surface area contributed by atoms with Crippen molar-refractivity contribution in [3.8, 4) is 0 Å². The first kappa shape index (κ1) is 15.2. The van der Waals surface area contributed by atoms with Gasteiger partial charge in [-0.3, -0.25) is 9.00 Å². The molecule has 0 bridgehead atoms. The van der Waals surface area contributed by atoms with Gasteiger partial charge in [-0.05, 0) is 37.8 Å². The van der Waals surface area contributed by atoms with Crippen molar-refractivity contribution in [2.75, 3.05) is 18.8 Å². The fraction of sp³-hybridized carbons (Fsp3) is 0.562. The van der Waals surface area contributed by atoms with Gasteiger partial charge in [-0.1, -0.05) is 24.6 Å². The van der Waals surface area contributed by atoms with Gasteiger partial charge in [0.05, 0.1) is 10.8 Å². The van der Waals surface area contributed by atoms with E-state index in [4.69, 9.17) is 0 Å². The Labute approximate surface area is 123 Å². The molecule has 1 aliphatic heterocycles. The van der Waals surface area contributed by atoms with E-state index < -0.39 is 10.8 Å². The number of rotatable bonds is 6. The zero-order chi connectivity index (χ0) is 14.2. The molecule has 1 atom stereocenters. The summed E-state index contributed by atoms with van der Waals surface area (Å²) in [5.41, 5.74) is 0. The third kappa shape index (κ3) is 4.75. The summed E-state index contributed by atoms with van der Waals surface area (Å²) in [6.07, 6.45) is 5.89. The summed E-state index contributed by atoms with van der Waals surface area (Å²) in [5, 5.41) is 0. The normalized spacial score (nSPS) is 17.8. The van der Waals surface area contributed by atoms with Gasteiger partial charge in [0.25, 0.3) is 0 Å². The van der Waals surface area contributed by atoms with E-state index in [1.807, 2.05) is 35.2 Å². The molecule has 1 aromatic rings. The Balaban J connectivity index is 1.68. The summed E-state index contributed by atoms with van der Waals surface area (Å²) in [6, 6.07) is 9.60. The van der Waals surface area contributed by atoms with Crippen LogP contribution in [0.2, 0.25) is 0 Å². The van der Waals surface area contributed by atoms with Crippen molar-refractivity contribution < 1.29 is 9.00 Å². The highest BCUT2D eigenvalue weighted by Gasteiger charge is 2.15. The molecular weight excluding hydrogens is 270 g/mol. The first-order chi connectivity index (χ1) is 9.77. The second-order valence-electron chi connectivity index (χ2n) is 5.26. The third-order valence-electron chi connectivity index (χ3n) is 3.69. The van der Waals surface area contributed by atoms with Crippen LogP contribution in [0.1, 0.15) is 38.5 Å². The van der Waals surface area contributed by atoms with Crippen LogP contribution in [0.15, 0.2) is 35.2 Å². The van der Waals surface area contributed by atoms with Gasteiger partial charge >= 0.3 is 0 Å². The molecule has 3 nitrogen and oxygen atoms in total. The van der Waals surface area contributed by atoms with Gasteiger partial charge in [0, 0.05) is 30.2 Å². The molecule has 0 radical (unpaired) electrons. The average molecular weight is 293 g/mol. The summed E-state index contributed by atoms with van der Waals surface area (Å²) in [4.78, 5) is 14.7. The fourth-order valence-electron chi connectivity index (χ4n) is 2.50. The highest BCUT2D eigenvalue weighted by molar-refractivity contribution is 7.85. The van der Waals surface area contributed by atoms with Crippen LogP contribution < -0.4 is 0 Å². The van der Waals surface area contributed by atoms with E-state index in [2.05, 4.69) is 0 Å². The molecule has 1 aromatic carbocycles. The number of amides is 1. The van der Waals surface area contributed by atoms with E-state index in [-0.39, 0.29) is 0 Å². The molecule has 0 N–H and O–H groups in total. The van der Waals surface area contributed by atoms with Gasteiger partial charge in [0.1, 0.15) is 0 Å². The molecule has 1 saturated heterocycles. The Morgan fingerprint density at radius 1 is 1.05 bits per heavy atom. The zero-order valence-corrected chi connectivity index (χ0v) is 12.7. The van der Waals surface area contributed by atoms with Crippen molar-refractivity contribution in [2.24, 2.45) is 0 Å². The number of benzene rings is 1. The lowest BCUT2D eigenvalue weighted by Gasteiger charge is -2.20. The molecule has 0 aliphatic carbocycles. The van der Waals surface area contributed by atoms with E-state index >= 15 is 0 Å². The van der Waals surface area contributed by atoms with Crippen LogP contribution in [-0.4, -0.2) is 33.9 Å². The molecule has 0 spiro atoms. The minimum Gasteiger partial charge on any atom is -0.343 e. The number of hydrogen-bond donors (Lipinski definition) is 0. The average Bonchev–Trinajstić information content (AvgIpc) is 2.69. The SMILES string of the molecule is O=C1CCCCCN1CCCCS(=O)c1ccccc1. The molecule has 1 unspecified atom stereocenters. The third-order valence-corrected chi connectivity index (χ3v) is 5.14. The van der Waals surface area contributed by atoms with Gasteiger partial charge in [-0.15, -0.1) is 0 Å². The predicted molar refractivity (Wildman–Crippen MR) is 82.0 cm³/mol. The summed E-state index contributed by atoms with van der Waals surface area (Å²) in [6.45, 7) is 1.73. The Morgan fingerprint density at radius 3 is 2.65 bits per heavy atom. The fourth-order valence-corrected chi connectivity index (χ4v) is 3.66. The van der Waals surface area contributed by atoms with E-state index in [0.29, 0.717) is 18.1 Å². The van der Waals surface area contributed by atoms with Crippen LogP contribution in [0.4, 0.5) is 0 Å². The molecule has 2 rings (SSSR count). The quantitative estimate of drug-likeness (QED) is 0.756. The maximum Gasteiger partial charge on any atom is 0.222 e. The van der Waals surface area contributed by atoms with Crippen molar-refractivity contribution in [3.05, 3.63) is 30.3 Å². The van der Waals surface area contributed by atoms with Gasteiger partial charge in [-0.2, -0.15) is 0 Å². The number of carbonyl (C=O) groups is 1. The van der Waals surface area contributed by atoms with Crippen LogP contribution in [0.25, 0.3) is 0 Å².